The number of nitrogens with zero attached hydrogens (tertiary/aromatic N) is 1. The Morgan fingerprint density at radius 1 is 1.27 bits per heavy atom. The van der Waals surface area contributed by atoms with Crippen LogP contribution in [0.2, 0.25) is 0 Å². The first-order valence-corrected chi connectivity index (χ1v) is 5.54. The number of rotatable bonds is 7. The second-order valence-electron chi connectivity index (χ2n) is 3.71. The topological polar surface area (TPSA) is 57.6 Å². The van der Waals surface area contributed by atoms with E-state index >= 15 is 0 Å². The van der Waals surface area contributed by atoms with E-state index in [0.29, 0.717) is 13.0 Å². The van der Waals surface area contributed by atoms with Crippen LogP contribution in [-0.2, 0) is 9.59 Å². The van der Waals surface area contributed by atoms with Gasteiger partial charge in [0.05, 0.1) is 0 Å². The number of carboxylic acids is 1. The molecule has 0 fully saturated rings. The molecule has 1 atom stereocenters. The molecule has 0 heterocycles. The van der Waals surface area contributed by atoms with E-state index in [-0.39, 0.29) is 5.91 Å². The Bertz CT molecular complexity index is 216. The molecule has 0 spiro atoms. The van der Waals surface area contributed by atoms with Crippen molar-refractivity contribution in [2.24, 2.45) is 0 Å². The van der Waals surface area contributed by atoms with Crippen LogP contribution in [0.15, 0.2) is 0 Å². The molecular weight excluding hydrogens is 194 g/mol. The maximum absolute atomic E-state index is 11.3. The predicted octanol–water partition coefficient (Wildman–Crippen LogP) is 1.89. The third kappa shape index (κ3) is 4.81. The lowest BCUT2D eigenvalue weighted by atomic mass is 10.1. The quantitative estimate of drug-likeness (QED) is 0.705. The minimum atomic E-state index is -0.896. The molecule has 4 heteroatoms. The summed E-state index contributed by atoms with van der Waals surface area (Å²) in [5, 5.41) is 9.05. The van der Waals surface area contributed by atoms with Crippen molar-refractivity contribution in [3.8, 4) is 0 Å². The van der Waals surface area contributed by atoms with Crippen LogP contribution in [0.1, 0.15) is 46.5 Å². The minimum Gasteiger partial charge on any atom is -0.480 e. The number of amides is 1. The standard InChI is InChI=1S/C11H21NO3/c1-4-6-7-10(11(14)15)12(8-5-2)9(3)13/h10H,4-8H2,1-3H3,(H,14,15). The Kier molecular flexibility index (Phi) is 6.75. The van der Waals surface area contributed by atoms with Gasteiger partial charge >= 0.3 is 5.97 Å². The number of carbonyl (C=O) groups is 2. The lowest BCUT2D eigenvalue weighted by molar-refractivity contribution is -0.149. The Hall–Kier alpha value is -1.06. The molecule has 0 saturated heterocycles. The molecule has 0 aromatic rings. The zero-order valence-electron chi connectivity index (χ0n) is 9.82. The van der Waals surface area contributed by atoms with E-state index in [0.717, 1.165) is 19.3 Å². The second-order valence-corrected chi connectivity index (χ2v) is 3.71. The Morgan fingerprint density at radius 2 is 1.87 bits per heavy atom. The predicted molar refractivity (Wildman–Crippen MR) is 58.6 cm³/mol. The van der Waals surface area contributed by atoms with Crippen molar-refractivity contribution in [3.63, 3.8) is 0 Å². The van der Waals surface area contributed by atoms with Gasteiger partial charge < -0.3 is 10.0 Å². The van der Waals surface area contributed by atoms with Crippen molar-refractivity contribution in [1.82, 2.24) is 4.90 Å². The summed E-state index contributed by atoms with van der Waals surface area (Å²) in [6.45, 7) is 5.90. The number of carboxylic acid groups (broad SMARTS) is 1. The zero-order valence-corrected chi connectivity index (χ0v) is 9.82. The molecule has 0 bridgehead atoms. The van der Waals surface area contributed by atoms with Gasteiger partial charge in [-0.1, -0.05) is 26.7 Å². The van der Waals surface area contributed by atoms with Crippen LogP contribution in [-0.4, -0.2) is 34.5 Å². The molecule has 0 aliphatic rings. The highest BCUT2D eigenvalue weighted by molar-refractivity contribution is 5.82. The number of hydrogen-bond donors (Lipinski definition) is 1. The van der Waals surface area contributed by atoms with Crippen LogP contribution in [0.3, 0.4) is 0 Å². The van der Waals surface area contributed by atoms with Crippen molar-refractivity contribution in [3.05, 3.63) is 0 Å². The smallest absolute Gasteiger partial charge is 0.326 e. The Morgan fingerprint density at radius 3 is 2.20 bits per heavy atom. The molecule has 15 heavy (non-hydrogen) atoms. The van der Waals surface area contributed by atoms with Gasteiger partial charge in [-0.05, 0) is 12.8 Å². The van der Waals surface area contributed by atoms with Crippen LogP contribution in [0.4, 0.5) is 0 Å². The molecule has 0 aromatic carbocycles. The largest absolute Gasteiger partial charge is 0.480 e. The first kappa shape index (κ1) is 13.9. The summed E-state index contributed by atoms with van der Waals surface area (Å²) >= 11 is 0. The average molecular weight is 215 g/mol. The second kappa shape index (κ2) is 7.26. The van der Waals surface area contributed by atoms with Gasteiger partial charge in [-0.2, -0.15) is 0 Å². The van der Waals surface area contributed by atoms with Gasteiger partial charge in [-0.25, -0.2) is 4.79 Å². The number of unbranched alkanes of at least 4 members (excludes halogenated alkanes) is 1. The Labute approximate surface area is 91.3 Å². The van der Waals surface area contributed by atoms with Gasteiger partial charge in [0.25, 0.3) is 0 Å². The van der Waals surface area contributed by atoms with E-state index in [1.807, 2.05) is 13.8 Å². The van der Waals surface area contributed by atoms with Gasteiger partial charge in [-0.15, -0.1) is 0 Å². The summed E-state index contributed by atoms with van der Waals surface area (Å²) in [4.78, 5) is 23.8. The maximum Gasteiger partial charge on any atom is 0.326 e. The summed E-state index contributed by atoms with van der Waals surface area (Å²) < 4.78 is 0. The van der Waals surface area contributed by atoms with Crippen LogP contribution in [0, 0.1) is 0 Å². The van der Waals surface area contributed by atoms with Crippen LogP contribution >= 0.6 is 0 Å². The molecule has 1 amide bonds. The van der Waals surface area contributed by atoms with Gasteiger partial charge in [0.1, 0.15) is 6.04 Å². The van der Waals surface area contributed by atoms with E-state index in [2.05, 4.69) is 0 Å². The highest BCUT2D eigenvalue weighted by Crippen LogP contribution is 2.10. The fourth-order valence-corrected chi connectivity index (χ4v) is 1.58. The van der Waals surface area contributed by atoms with Gasteiger partial charge in [0.15, 0.2) is 0 Å². The van der Waals surface area contributed by atoms with Crippen LogP contribution in [0.25, 0.3) is 0 Å². The van der Waals surface area contributed by atoms with Crippen molar-refractivity contribution >= 4 is 11.9 Å². The summed E-state index contributed by atoms with van der Waals surface area (Å²) in [6, 6.07) is -0.651. The monoisotopic (exact) mass is 215 g/mol. The van der Waals surface area contributed by atoms with Gasteiger partial charge in [0, 0.05) is 13.5 Å². The lowest BCUT2D eigenvalue weighted by Gasteiger charge is -2.27. The van der Waals surface area contributed by atoms with E-state index in [4.69, 9.17) is 5.11 Å². The van der Waals surface area contributed by atoms with Gasteiger partial charge in [-0.3, -0.25) is 4.79 Å². The summed E-state index contributed by atoms with van der Waals surface area (Å²) in [5.74, 6) is -1.05. The average Bonchev–Trinajstić information content (AvgIpc) is 2.16. The molecular formula is C11H21NO3. The van der Waals surface area contributed by atoms with E-state index in [1.165, 1.54) is 11.8 Å². The first-order valence-electron chi connectivity index (χ1n) is 5.54. The van der Waals surface area contributed by atoms with E-state index in [9.17, 15) is 9.59 Å². The van der Waals surface area contributed by atoms with Crippen LogP contribution < -0.4 is 0 Å². The fourth-order valence-electron chi connectivity index (χ4n) is 1.58. The molecule has 0 saturated carbocycles. The number of carbonyl (C=O) groups excluding carboxylic acids is 1. The first-order chi connectivity index (χ1) is 7.04. The molecule has 88 valence electrons. The zero-order chi connectivity index (χ0) is 11.8. The van der Waals surface area contributed by atoms with E-state index in [1.54, 1.807) is 0 Å². The molecule has 4 nitrogen and oxygen atoms in total. The molecule has 0 rings (SSSR count). The molecule has 0 aromatic heterocycles. The fraction of sp³-hybridized carbons (Fsp3) is 0.818. The third-order valence-corrected chi connectivity index (χ3v) is 2.36. The summed E-state index contributed by atoms with van der Waals surface area (Å²) in [5.41, 5.74) is 0. The highest BCUT2D eigenvalue weighted by Gasteiger charge is 2.25. The number of hydrogen-bond acceptors (Lipinski definition) is 2. The SMILES string of the molecule is CCCCC(C(=O)O)N(CCC)C(C)=O. The third-order valence-electron chi connectivity index (χ3n) is 2.36. The van der Waals surface area contributed by atoms with Crippen LogP contribution in [0.5, 0.6) is 0 Å². The molecule has 0 aliphatic heterocycles. The minimum absolute atomic E-state index is 0.152. The summed E-state index contributed by atoms with van der Waals surface area (Å²) in [7, 11) is 0. The lowest BCUT2D eigenvalue weighted by Crippen LogP contribution is -2.44. The van der Waals surface area contributed by atoms with Crippen molar-refractivity contribution in [2.75, 3.05) is 6.54 Å². The van der Waals surface area contributed by atoms with Crippen molar-refractivity contribution in [2.45, 2.75) is 52.5 Å². The highest BCUT2D eigenvalue weighted by atomic mass is 16.4. The molecule has 1 unspecified atom stereocenters. The van der Waals surface area contributed by atoms with E-state index < -0.39 is 12.0 Å². The number of aliphatic carboxylic acids is 1. The normalized spacial score (nSPS) is 12.2. The Balaban J connectivity index is 4.52. The molecule has 0 aliphatic carbocycles. The summed E-state index contributed by atoms with van der Waals surface area (Å²) in [6.07, 6.45) is 3.12. The van der Waals surface area contributed by atoms with Gasteiger partial charge in [0.2, 0.25) is 5.91 Å². The van der Waals surface area contributed by atoms with Crippen molar-refractivity contribution in [1.29, 1.82) is 0 Å². The molecule has 0 radical (unpaired) electrons. The van der Waals surface area contributed by atoms with Crippen molar-refractivity contribution < 1.29 is 14.7 Å². The maximum atomic E-state index is 11.3. The molecule has 1 N–H and O–H groups in total.